The lowest BCUT2D eigenvalue weighted by Crippen LogP contribution is -2.14. The second kappa shape index (κ2) is 7.66. The van der Waals surface area contributed by atoms with Crippen LogP contribution in [0.4, 0.5) is 10.7 Å². The molecule has 1 aromatic heterocycles. The number of carbonyl (C=O) groups excluding carboxylic acids is 2. The number of nitrogens with zero attached hydrogens (tertiary/aromatic N) is 1. The molecule has 0 aliphatic heterocycles. The van der Waals surface area contributed by atoms with Crippen LogP contribution in [0.1, 0.15) is 31.2 Å². The molecule has 1 aromatic carbocycles. The Morgan fingerprint density at radius 2 is 2.00 bits per heavy atom. The summed E-state index contributed by atoms with van der Waals surface area (Å²) in [6.45, 7) is 3.60. The van der Waals surface area contributed by atoms with E-state index in [2.05, 4.69) is 5.32 Å². The van der Waals surface area contributed by atoms with Crippen molar-refractivity contribution in [1.82, 2.24) is 0 Å². The van der Waals surface area contributed by atoms with Crippen molar-refractivity contribution in [3.05, 3.63) is 49.9 Å². The Hall–Kier alpha value is -2.39. The molecule has 0 aliphatic carbocycles. The maximum Gasteiger partial charge on any atom is 0.341 e. The van der Waals surface area contributed by atoms with Crippen molar-refractivity contribution in [3.8, 4) is 0 Å². The predicted octanol–water partition coefficient (Wildman–Crippen LogP) is 4.03. The highest BCUT2D eigenvalue weighted by Gasteiger charge is 2.23. The van der Waals surface area contributed by atoms with Crippen LogP contribution >= 0.6 is 23.1 Å². The Labute approximate surface area is 152 Å². The maximum atomic E-state index is 12.5. The molecule has 0 fully saturated rings. The average Bonchev–Trinajstić information content (AvgIpc) is 2.87. The van der Waals surface area contributed by atoms with Crippen LogP contribution in [0.3, 0.4) is 0 Å². The minimum absolute atomic E-state index is 0.133. The number of thioether (sulfide) groups is 1. The molecule has 2 rings (SSSR count). The number of amides is 1. The molecule has 0 atom stereocenters. The summed E-state index contributed by atoms with van der Waals surface area (Å²) in [5, 5.41) is 14.2. The van der Waals surface area contributed by atoms with Gasteiger partial charge in [-0.3, -0.25) is 14.9 Å². The Balaban J connectivity index is 2.38. The third kappa shape index (κ3) is 3.83. The van der Waals surface area contributed by atoms with Gasteiger partial charge in [-0.2, -0.15) is 0 Å². The number of nitrogens with one attached hydrogen (secondary N) is 1. The van der Waals surface area contributed by atoms with Gasteiger partial charge in [-0.15, -0.1) is 23.1 Å². The van der Waals surface area contributed by atoms with Gasteiger partial charge in [-0.05, 0) is 37.8 Å². The first kappa shape index (κ1) is 18.9. The summed E-state index contributed by atoms with van der Waals surface area (Å²) < 4.78 is 4.76. The van der Waals surface area contributed by atoms with Crippen molar-refractivity contribution >= 4 is 45.7 Å². The standard InChI is InChI=1S/C16H16N2O5S2/c1-8-9(2)25-15(13(8)16(20)23-3)17-14(19)10-5-6-12(24-4)11(7-10)18(21)22/h5-7H,1-4H3,(H,17,19). The summed E-state index contributed by atoms with van der Waals surface area (Å²) in [5.74, 6) is -1.07. The van der Waals surface area contributed by atoms with E-state index >= 15 is 0 Å². The van der Waals surface area contributed by atoms with E-state index in [1.54, 1.807) is 13.2 Å². The summed E-state index contributed by atoms with van der Waals surface area (Å²) in [6, 6.07) is 4.27. The molecule has 25 heavy (non-hydrogen) atoms. The van der Waals surface area contributed by atoms with Gasteiger partial charge in [0.2, 0.25) is 0 Å². The van der Waals surface area contributed by atoms with Gasteiger partial charge in [-0.1, -0.05) is 0 Å². The largest absolute Gasteiger partial charge is 0.465 e. The summed E-state index contributed by atoms with van der Waals surface area (Å²) in [5.41, 5.74) is 1.04. The van der Waals surface area contributed by atoms with Crippen LogP contribution in [-0.4, -0.2) is 30.2 Å². The second-order valence-corrected chi connectivity index (χ2v) is 7.15. The SMILES string of the molecule is COC(=O)c1c(NC(=O)c2ccc(SC)c([N+](=O)[O-])c2)sc(C)c1C. The van der Waals surface area contributed by atoms with Crippen LogP contribution in [-0.2, 0) is 4.74 Å². The number of nitro benzene ring substituents is 1. The van der Waals surface area contributed by atoms with Gasteiger partial charge in [0, 0.05) is 16.5 Å². The molecule has 1 heterocycles. The van der Waals surface area contributed by atoms with Crippen LogP contribution in [0.2, 0.25) is 0 Å². The molecule has 132 valence electrons. The normalized spacial score (nSPS) is 10.4. The monoisotopic (exact) mass is 380 g/mol. The fraction of sp³-hybridized carbons (Fsp3) is 0.250. The van der Waals surface area contributed by atoms with Gasteiger partial charge in [-0.25, -0.2) is 4.79 Å². The molecular formula is C16H16N2O5S2. The zero-order chi connectivity index (χ0) is 18.7. The van der Waals surface area contributed by atoms with E-state index < -0.39 is 16.8 Å². The lowest BCUT2D eigenvalue weighted by atomic mass is 10.1. The molecule has 0 bridgehead atoms. The number of anilines is 1. The fourth-order valence-electron chi connectivity index (χ4n) is 2.21. The molecule has 0 aliphatic rings. The van der Waals surface area contributed by atoms with Crippen molar-refractivity contribution in [3.63, 3.8) is 0 Å². The molecule has 0 saturated heterocycles. The van der Waals surface area contributed by atoms with Gasteiger partial charge >= 0.3 is 5.97 Å². The van der Waals surface area contributed by atoms with Crippen molar-refractivity contribution < 1.29 is 19.2 Å². The van der Waals surface area contributed by atoms with Gasteiger partial charge in [0.15, 0.2) is 0 Å². The van der Waals surface area contributed by atoms with E-state index in [1.807, 2.05) is 6.92 Å². The van der Waals surface area contributed by atoms with E-state index in [9.17, 15) is 19.7 Å². The highest BCUT2D eigenvalue weighted by Crippen LogP contribution is 2.34. The highest BCUT2D eigenvalue weighted by molar-refractivity contribution is 7.98. The summed E-state index contributed by atoms with van der Waals surface area (Å²) in [4.78, 5) is 36.4. The van der Waals surface area contributed by atoms with Crippen LogP contribution < -0.4 is 5.32 Å². The Morgan fingerprint density at radius 1 is 1.32 bits per heavy atom. The predicted molar refractivity (Wildman–Crippen MR) is 98.0 cm³/mol. The zero-order valence-electron chi connectivity index (χ0n) is 14.0. The van der Waals surface area contributed by atoms with E-state index in [4.69, 9.17) is 4.74 Å². The lowest BCUT2D eigenvalue weighted by Gasteiger charge is -2.07. The molecule has 0 radical (unpaired) electrons. The summed E-state index contributed by atoms with van der Waals surface area (Å²) in [6.07, 6.45) is 1.72. The zero-order valence-corrected chi connectivity index (χ0v) is 15.7. The molecule has 0 saturated carbocycles. The molecule has 0 spiro atoms. The fourth-order valence-corrected chi connectivity index (χ4v) is 3.80. The molecule has 0 unspecified atom stereocenters. The first-order valence-electron chi connectivity index (χ1n) is 7.12. The van der Waals surface area contributed by atoms with Crippen molar-refractivity contribution in [2.75, 3.05) is 18.7 Å². The number of rotatable bonds is 5. The Kier molecular flexibility index (Phi) is 5.81. The minimum Gasteiger partial charge on any atom is -0.465 e. The molecule has 1 N–H and O–H groups in total. The summed E-state index contributed by atoms with van der Waals surface area (Å²) in [7, 11) is 1.27. The van der Waals surface area contributed by atoms with E-state index in [0.717, 1.165) is 10.4 Å². The van der Waals surface area contributed by atoms with Gasteiger partial charge in [0.05, 0.1) is 22.5 Å². The number of methoxy groups -OCH3 is 1. The lowest BCUT2D eigenvalue weighted by molar-refractivity contribution is -0.387. The van der Waals surface area contributed by atoms with Crippen LogP contribution in [0, 0.1) is 24.0 Å². The second-order valence-electron chi connectivity index (χ2n) is 5.08. The van der Waals surface area contributed by atoms with Gasteiger partial charge in [0.25, 0.3) is 11.6 Å². The molecule has 7 nitrogen and oxygen atoms in total. The van der Waals surface area contributed by atoms with E-state index in [-0.39, 0.29) is 11.3 Å². The number of aryl methyl sites for hydroxylation is 1. The number of hydrogen-bond donors (Lipinski definition) is 1. The smallest absolute Gasteiger partial charge is 0.341 e. The van der Waals surface area contributed by atoms with Crippen LogP contribution in [0.15, 0.2) is 23.1 Å². The summed E-state index contributed by atoms with van der Waals surface area (Å²) >= 11 is 2.49. The highest BCUT2D eigenvalue weighted by atomic mass is 32.2. The number of carbonyl (C=O) groups is 2. The number of thiophene rings is 1. The molecule has 9 heteroatoms. The van der Waals surface area contributed by atoms with Crippen molar-refractivity contribution in [1.29, 1.82) is 0 Å². The minimum atomic E-state index is -0.541. The van der Waals surface area contributed by atoms with E-state index in [1.165, 1.54) is 48.4 Å². The van der Waals surface area contributed by atoms with Crippen LogP contribution in [0.25, 0.3) is 0 Å². The average molecular weight is 380 g/mol. The van der Waals surface area contributed by atoms with Crippen LogP contribution in [0.5, 0.6) is 0 Å². The topological polar surface area (TPSA) is 98.5 Å². The maximum absolute atomic E-state index is 12.5. The molecule has 2 aromatic rings. The third-order valence-electron chi connectivity index (χ3n) is 3.64. The molecule has 1 amide bonds. The van der Waals surface area contributed by atoms with Gasteiger partial charge < -0.3 is 10.1 Å². The van der Waals surface area contributed by atoms with Crippen molar-refractivity contribution in [2.45, 2.75) is 18.7 Å². The Morgan fingerprint density at radius 3 is 2.56 bits per heavy atom. The van der Waals surface area contributed by atoms with Gasteiger partial charge in [0.1, 0.15) is 5.00 Å². The third-order valence-corrected chi connectivity index (χ3v) is 5.55. The Bertz CT molecular complexity index is 860. The number of hydrogen-bond acceptors (Lipinski definition) is 7. The quantitative estimate of drug-likeness (QED) is 0.364. The number of ether oxygens (including phenoxy) is 1. The van der Waals surface area contributed by atoms with E-state index in [0.29, 0.717) is 15.5 Å². The van der Waals surface area contributed by atoms with Crippen molar-refractivity contribution in [2.24, 2.45) is 0 Å². The first-order chi connectivity index (χ1) is 11.8. The number of benzene rings is 1. The number of esters is 1. The number of nitro groups is 1. The molecular weight excluding hydrogens is 364 g/mol. The first-order valence-corrected chi connectivity index (χ1v) is 9.16.